The minimum absolute atomic E-state index is 0.495. The molecule has 2 atom stereocenters. The summed E-state index contributed by atoms with van der Waals surface area (Å²) in [7, 11) is 1.61. The molecule has 19 heavy (non-hydrogen) atoms. The first kappa shape index (κ1) is 13.7. The van der Waals surface area contributed by atoms with E-state index in [1.165, 1.54) is 0 Å². The summed E-state index contributed by atoms with van der Waals surface area (Å²) in [4.78, 5) is 11.7. The molecule has 4 nitrogen and oxygen atoms in total. The molecule has 0 aliphatic heterocycles. The molecule has 104 valence electrons. The summed E-state index contributed by atoms with van der Waals surface area (Å²) < 4.78 is 5.17. The summed E-state index contributed by atoms with van der Waals surface area (Å²) in [6, 6.07) is 7.43. The van der Waals surface area contributed by atoms with Crippen molar-refractivity contribution in [3.05, 3.63) is 24.3 Å². The molecule has 2 N–H and O–H groups in total. The average molecular weight is 263 g/mol. The van der Waals surface area contributed by atoms with Crippen LogP contribution < -0.4 is 10.1 Å². The number of ether oxygens (including phenoxy) is 1. The van der Waals surface area contributed by atoms with Crippen molar-refractivity contribution in [2.24, 2.45) is 5.92 Å². The Hall–Kier alpha value is -1.71. The van der Waals surface area contributed by atoms with E-state index < -0.39 is 11.5 Å². The second-order valence-corrected chi connectivity index (χ2v) is 5.26. The molecule has 4 heteroatoms. The summed E-state index contributed by atoms with van der Waals surface area (Å²) in [5, 5.41) is 12.8. The van der Waals surface area contributed by atoms with Gasteiger partial charge in [-0.3, -0.25) is 0 Å². The van der Waals surface area contributed by atoms with Crippen LogP contribution in [0.15, 0.2) is 24.3 Å². The SMILES string of the molecule is CCC1CCC(Nc2cccc(OC)c2)(C(=O)O)C1. The van der Waals surface area contributed by atoms with Crippen LogP contribution in [0.2, 0.25) is 0 Å². The van der Waals surface area contributed by atoms with Crippen LogP contribution in [-0.2, 0) is 4.79 Å². The van der Waals surface area contributed by atoms with Gasteiger partial charge in [-0.05, 0) is 37.3 Å². The lowest BCUT2D eigenvalue weighted by atomic mass is 9.94. The van der Waals surface area contributed by atoms with E-state index in [1.807, 2.05) is 24.3 Å². The van der Waals surface area contributed by atoms with E-state index in [1.54, 1.807) is 7.11 Å². The number of aliphatic carboxylic acids is 1. The predicted octanol–water partition coefficient (Wildman–Crippen LogP) is 3.14. The zero-order valence-electron chi connectivity index (χ0n) is 11.5. The van der Waals surface area contributed by atoms with Crippen molar-refractivity contribution >= 4 is 11.7 Å². The van der Waals surface area contributed by atoms with E-state index in [9.17, 15) is 9.90 Å². The molecular formula is C15H21NO3. The quantitative estimate of drug-likeness (QED) is 0.856. The van der Waals surface area contributed by atoms with Gasteiger partial charge in [0, 0.05) is 11.8 Å². The maximum absolute atomic E-state index is 11.7. The number of carboxylic acid groups (broad SMARTS) is 1. The van der Waals surface area contributed by atoms with Gasteiger partial charge >= 0.3 is 5.97 Å². The Balaban J connectivity index is 2.19. The smallest absolute Gasteiger partial charge is 0.329 e. The lowest BCUT2D eigenvalue weighted by molar-refractivity contribution is -0.142. The van der Waals surface area contributed by atoms with Gasteiger partial charge in [0.05, 0.1) is 7.11 Å². The second kappa shape index (κ2) is 5.51. The van der Waals surface area contributed by atoms with Gasteiger partial charge in [-0.2, -0.15) is 0 Å². The molecule has 0 bridgehead atoms. The molecule has 0 radical (unpaired) electrons. The van der Waals surface area contributed by atoms with Crippen molar-refractivity contribution in [1.82, 2.24) is 0 Å². The normalized spacial score (nSPS) is 26.1. The van der Waals surface area contributed by atoms with Crippen LogP contribution in [0.4, 0.5) is 5.69 Å². The standard InChI is InChI=1S/C15H21NO3/c1-3-11-7-8-15(10-11,14(17)18)16-12-5-4-6-13(9-12)19-2/h4-6,9,11,16H,3,7-8,10H2,1-2H3,(H,17,18). The Labute approximate surface area is 113 Å². The van der Waals surface area contributed by atoms with Crippen molar-refractivity contribution in [2.75, 3.05) is 12.4 Å². The van der Waals surface area contributed by atoms with E-state index in [-0.39, 0.29) is 0 Å². The maximum Gasteiger partial charge on any atom is 0.329 e. The van der Waals surface area contributed by atoms with Gasteiger partial charge in [0.1, 0.15) is 11.3 Å². The topological polar surface area (TPSA) is 58.6 Å². The fourth-order valence-corrected chi connectivity index (χ4v) is 2.83. The molecule has 2 rings (SSSR count). The molecule has 1 aliphatic carbocycles. The number of nitrogens with one attached hydrogen (secondary N) is 1. The number of benzene rings is 1. The van der Waals surface area contributed by atoms with Crippen LogP contribution in [0.25, 0.3) is 0 Å². The predicted molar refractivity (Wildman–Crippen MR) is 74.6 cm³/mol. The van der Waals surface area contributed by atoms with E-state index in [2.05, 4.69) is 12.2 Å². The molecule has 0 amide bonds. The average Bonchev–Trinajstić information content (AvgIpc) is 2.84. The summed E-state index contributed by atoms with van der Waals surface area (Å²) in [5.74, 6) is 0.469. The van der Waals surface area contributed by atoms with Crippen LogP contribution >= 0.6 is 0 Å². The van der Waals surface area contributed by atoms with E-state index in [0.717, 1.165) is 24.3 Å². The third-order valence-corrected chi connectivity index (χ3v) is 4.06. The lowest BCUT2D eigenvalue weighted by Gasteiger charge is -2.27. The monoisotopic (exact) mass is 263 g/mol. The number of rotatable bonds is 5. The number of methoxy groups -OCH3 is 1. The molecule has 0 saturated heterocycles. The van der Waals surface area contributed by atoms with Gasteiger partial charge in [-0.25, -0.2) is 4.79 Å². The number of hydrogen-bond acceptors (Lipinski definition) is 3. The Kier molecular flexibility index (Phi) is 3.98. The highest BCUT2D eigenvalue weighted by molar-refractivity contribution is 5.83. The summed E-state index contributed by atoms with van der Waals surface area (Å²) in [5.41, 5.74) is -0.0222. The Morgan fingerprint density at radius 3 is 2.95 bits per heavy atom. The fraction of sp³-hybridized carbons (Fsp3) is 0.533. The first-order valence-corrected chi connectivity index (χ1v) is 6.75. The second-order valence-electron chi connectivity index (χ2n) is 5.26. The molecular weight excluding hydrogens is 242 g/mol. The molecule has 0 spiro atoms. The largest absolute Gasteiger partial charge is 0.497 e. The number of anilines is 1. The Bertz CT molecular complexity index is 460. The van der Waals surface area contributed by atoms with Crippen molar-refractivity contribution in [1.29, 1.82) is 0 Å². The van der Waals surface area contributed by atoms with Gasteiger partial charge in [-0.1, -0.05) is 19.4 Å². The zero-order valence-corrected chi connectivity index (χ0v) is 11.5. The van der Waals surface area contributed by atoms with E-state index >= 15 is 0 Å². The van der Waals surface area contributed by atoms with Crippen LogP contribution in [-0.4, -0.2) is 23.7 Å². The van der Waals surface area contributed by atoms with Gasteiger partial charge < -0.3 is 15.2 Å². The van der Waals surface area contributed by atoms with E-state index in [0.29, 0.717) is 18.8 Å². The number of carbonyl (C=O) groups is 1. The minimum atomic E-state index is -0.826. The highest BCUT2D eigenvalue weighted by atomic mass is 16.5. The summed E-state index contributed by atoms with van der Waals surface area (Å²) in [6.45, 7) is 2.12. The molecule has 0 aromatic heterocycles. The lowest BCUT2D eigenvalue weighted by Crippen LogP contribution is -2.44. The van der Waals surface area contributed by atoms with Crippen LogP contribution in [0.1, 0.15) is 32.6 Å². The third-order valence-electron chi connectivity index (χ3n) is 4.06. The van der Waals surface area contributed by atoms with E-state index in [4.69, 9.17) is 4.74 Å². The first-order chi connectivity index (χ1) is 9.09. The van der Waals surface area contributed by atoms with Crippen molar-refractivity contribution < 1.29 is 14.6 Å². The van der Waals surface area contributed by atoms with Gasteiger partial charge in [0.25, 0.3) is 0 Å². The molecule has 2 unspecified atom stereocenters. The molecule has 1 saturated carbocycles. The maximum atomic E-state index is 11.7. The van der Waals surface area contributed by atoms with Gasteiger partial charge in [-0.15, -0.1) is 0 Å². The minimum Gasteiger partial charge on any atom is -0.497 e. The van der Waals surface area contributed by atoms with Crippen LogP contribution in [0.5, 0.6) is 5.75 Å². The zero-order chi connectivity index (χ0) is 13.9. The van der Waals surface area contributed by atoms with Gasteiger partial charge in [0.15, 0.2) is 0 Å². The van der Waals surface area contributed by atoms with Crippen LogP contribution in [0.3, 0.4) is 0 Å². The van der Waals surface area contributed by atoms with Crippen molar-refractivity contribution in [3.63, 3.8) is 0 Å². The van der Waals surface area contributed by atoms with Crippen molar-refractivity contribution in [3.8, 4) is 5.75 Å². The Morgan fingerprint density at radius 2 is 2.37 bits per heavy atom. The fourth-order valence-electron chi connectivity index (χ4n) is 2.83. The number of carboxylic acids is 1. The highest BCUT2D eigenvalue weighted by Crippen LogP contribution is 2.39. The van der Waals surface area contributed by atoms with Crippen molar-refractivity contribution in [2.45, 2.75) is 38.1 Å². The highest BCUT2D eigenvalue weighted by Gasteiger charge is 2.45. The molecule has 1 aromatic rings. The molecule has 1 fully saturated rings. The number of hydrogen-bond donors (Lipinski definition) is 2. The summed E-state index contributed by atoms with van der Waals surface area (Å²) >= 11 is 0. The Morgan fingerprint density at radius 1 is 1.58 bits per heavy atom. The molecule has 0 heterocycles. The molecule has 1 aliphatic rings. The first-order valence-electron chi connectivity index (χ1n) is 6.75. The third kappa shape index (κ3) is 2.83. The molecule has 1 aromatic carbocycles. The van der Waals surface area contributed by atoms with Gasteiger partial charge in [0.2, 0.25) is 0 Å². The van der Waals surface area contributed by atoms with Crippen LogP contribution in [0, 0.1) is 5.92 Å². The summed E-state index contributed by atoms with van der Waals surface area (Å²) in [6.07, 6.45) is 3.38.